The molecule has 0 saturated heterocycles. The molecule has 0 heterocycles. The average molecular weight is 404 g/mol. The Morgan fingerprint density at radius 2 is 1.72 bits per heavy atom. The van der Waals surface area contributed by atoms with Crippen LogP contribution in [0.4, 0.5) is 11.4 Å². The van der Waals surface area contributed by atoms with E-state index < -0.39 is 5.91 Å². The van der Waals surface area contributed by atoms with Crippen molar-refractivity contribution in [3.8, 4) is 17.6 Å². The lowest BCUT2D eigenvalue weighted by Crippen LogP contribution is -2.15. The topological polar surface area (TPSA) is 74.2 Å². The molecule has 29 heavy (non-hydrogen) atoms. The molecule has 5 nitrogen and oxygen atoms in total. The zero-order valence-corrected chi connectivity index (χ0v) is 16.4. The van der Waals surface area contributed by atoms with Crippen molar-refractivity contribution in [3.63, 3.8) is 0 Å². The first-order chi connectivity index (χ1) is 14.0. The highest BCUT2D eigenvalue weighted by atomic mass is 35.5. The monoisotopic (exact) mass is 403 g/mol. The quantitative estimate of drug-likeness (QED) is 0.397. The fraction of sp³-hybridized carbons (Fsp3) is 0.0435. The minimum absolute atomic E-state index is 0.0611. The van der Waals surface area contributed by atoms with Crippen molar-refractivity contribution < 1.29 is 9.53 Å². The first kappa shape index (κ1) is 20.0. The van der Waals surface area contributed by atoms with Gasteiger partial charge >= 0.3 is 0 Å². The Hall–Kier alpha value is -3.75. The van der Waals surface area contributed by atoms with Crippen LogP contribution in [0.2, 0.25) is 5.02 Å². The molecule has 0 spiro atoms. The Labute approximate surface area is 174 Å². The van der Waals surface area contributed by atoms with Crippen molar-refractivity contribution in [2.45, 2.75) is 6.92 Å². The maximum atomic E-state index is 12.4. The molecule has 0 fully saturated rings. The molecule has 0 aliphatic rings. The van der Waals surface area contributed by atoms with Gasteiger partial charge in [0.25, 0.3) is 5.91 Å². The molecule has 0 atom stereocenters. The third-order valence-electron chi connectivity index (χ3n) is 4.03. The minimum atomic E-state index is -0.519. The summed E-state index contributed by atoms with van der Waals surface area (Å²) in [5.41, 5.74) is 2.06. The van der Waals surface area contributed by atoms with Crippen LogP contribution in [0.3, 0.4) is 0 Å². The first-order valence-corrected chi connectivity index (χ1v) is 9.20. The van der Waals surface area contributed by atoms with E-state index in [2.05, 4.69) is 10.6 Å². The summed E-state index contributed by atoms with van der Waals surface area (Å²) in [6.07, 6.45) is 1.36. The molecule has 3 aromatic rings. The predicted octanol–water partition coefficient (Wildman–Crippen LogP) is 5.90. The van der Waals surface area contributed by atoms with E-state index in [1.54, 1.807) is 42.5 Å². The predicted molar refractivity (Wildman–Crippen MR) is 115 cm³/mol. The summed E-state index contributed by atoms with van der Waals surface area (Å²) in [5, 5.41) is 15.5. The van der Waals surface area contributed by atoms with E-state index in [0.29, 0.717) is 22.1 Å². The van der Waals surface area contributed by atoms with Gasteiger partial charge in [-0.2, -0.15) is 5.26 Å². The molecular weight excluding hydrogens is 386 g/mol. The number of amides is 1. The normalized spacial score (nSPS) is 10.7. The van der Waals surface area contributed by atoms with E-state index in [9.17, 15) is 10.1 Å². The Kier molecular flexibility index (Phi) is 6.51. The molecular formula is C23H18ClN3O2. The van der Waals surface area contributed by atoms with Crippen molar-refractivity contribution in [3.05, 3.63) is 95.2 Å². The minimum Gasteiger partial charge on any atom is -0.457 e. The highest BCUT2D eigenvalue weighted by molar-refractivity contribution is 6.31. The summed E-state index contributed by atoms with van der Waals surface area (Å²) in [5.74, 6) is 0.905. The van der Waals surface area contributed by atoms with Crippen molar-refractivity contribution in [2.24, 2.45) is 0 Å². The molecule has 0 aromatic heterocycles. The van der Waals surface area contributed by atoms with Crippen LogP contribution < -0.4 is 15.4 Å². The van der Waals surface area contributed by atoms with Gasteiger partial charge < -0.3 is 15.4 Å². The Bertz CT molecular complexity index is 1070. The van der Waals surface area contributed by atoms with Crippen LogP contribution >= 0.6 is 11.6 Å². The molecule has 2 N–H and O–H groups in total. The van der Waals surface area contributed by atoms with Crippen molar-refractivity contribution in [1.82, 2.24) is 0 Å². The average Bonchev–Trinajstić information content (AvgIpc) is 2.73. The maximum absolute atomic E-state index is 12.4. The smallest absolute Gasteiger partial charge is 0.267 e. The fourth-order valence-electron chi connectivity index (χ4n) is 2.47. The molecule has 0 aliphatic heterocycles. The molecule has 0 aliphatic carbocycles. The van der Waals surface area contributed by atoms with Gasteiger partial charge in [0.2, 0.25) is 0 Å². The molecule has 3 aromatic carbocycles. The van der Waals surface area contributed by atoms with Gasteiger partial charge in [-0.25, -0.2) is 0 Å². The Morgan fingerprint density at radius 1 is 1.03 bits per heavy atom. The number of nitrogens with one attached hydrogen (secondary N) is 2. The van der Waals surface area contributed by atoms with Crippen LogP contribution in [-0.4, -0.2) is 5.91 Å². The molecule has 0 bridgehead atoms. The Balaban J connectivity index is 1.64. The summed E-state index contributed by atoms with van der Waals surface area (Å²) in [7, 11) is 0. The maximum Gasteiger partial charge on any atom is 0.267 e. The number of nitriles is 1. The standard InChI is InChI=1S/C23H18ClN3O2/c1-16-7-8-18(24)13-22(16)27-23(28)17(14-25)15-26-19-9-11-21(12-10-19)29-20-5-3-2-4-6-20/h2-13,15,26H,1H3,(H,27,28)/b17-15-. The van der Waals surface area contributed by atoms with Gasteiger partial charge in [0.1, 0.15) is 23.1 Å². The second kappa shape index (κ2) is 9.45. The number of nitrogens with zero attached hydrogens (tertiary/aromatic N) is 1. The number of anilines is 2. The highest BCUT2D eigenvalue weighted by Crippen LogP contribution is 2.23. The number of carbonyl (C=O) groups excluding carboxylic acids is 1. The molecule has 0 unspecified atom stereocenters. The van der Waals surface area contributed by atoms with Gasteiger partial charge in [0.05, 0.1) is 0 Å². The third-order valence-corrected chi connectivity index (χ3v) is 4.26. The summed E-state index contributed by atoms with van der Waals surface area (Å²) in [6.45, 7) is 1.85. The van der Waals surface area contributed by atoms with Crippen LogP contribution in [0.25, 0.3) is 0 Å². The molecule has 3 rings (SSSR count). The number of hydrogen-bond donors (Lipinski definition) is 2. The number of benzene rings is 3. The van der Waals surface area contributed by atoms with E-state index in [4.69, 9.17) is 16.3 Å². The van der Waals surface area contributed by atoms with Crippen LogP contribution in [0.15, 0.2) is 84.6 Å². The zero-order chi connectivity index (χ0) is 20.6. The third kappa shape index (κ3) is 5.61. The number of halogens is 1. The molecule has 6 heteroatoms. The van der Waals surface area contributed by atoms with Gasteiger partial charge in [-0.3, -0.25) is 4.79 Å². The summed E-state index contributed by atoms with van der Waals surface area (Å²) in [6, 6.07) is 23.7. The zero-order valence-electron chi connectivity index (χ0n) is 15.6. The SMILES string of the molecule is Cc1ccc(Cl)cc1NC(=O)/C(C#N)=C\Nc1ccc(Oc2ccccc2)cc1. The number of ether oxygens (including phenoxy) is 1. The van der Waals surface area contributed by atoms with Gasteiger partial charge in [-0.05, 0) is 61.0 Å². The largest absolute Gasteiger partial charge is 0.457 e. The molecule has 0 saturated carbocycles. The fourth-order valence-corrected chi connectivity index (χ4v) is 2.64. The van der Waals surface area contributed by atoms with Crippen LogP contribution in [0.5, 0.6) is 11.5 Å². The van der Waals surface area contributed by atoms with E-state index in [0.717, 1.165) is 11.3 Å². The lowest BCUT2D eigenvalue weighted by molar-refractivity contribution is -0.112. The van der Waals surface area contributed by atoms with Crippen molar-refractivity contribution >= 4 is 28.9 Å². The molecule has 144 valence electrons. The van der Waals surface area contributed by atoms with Crippen molar-refractivity contribution in [1.29, 1.82) is 5.26 Å². The first-order valence-electron chi connectivity index (χ1n) is 8.82. The van der Waals surface area contributed by atoms with E-state index in [1.807, 2.05) is 43.3 Å². The second-order valence-electron chi connectivity index (χ2n) is 6.17. The Morgan fingerprint density at radius 3 is 2.41 bits per heavy atom. The summed E-state index contributed by atoms with van der Waals surface area (Å²) >= 11 is 5.97. The van der Waals surface area contributed by atoms with Crippen LogP contribution in [-0.2, 0) is 4.79 Å². The van der Waals surface area contributed by atoms with Crippen LogP contribution in [0.1, 0.15) is 5.56 Å². The number of carbonyl (C=O) groups is 1. The van der Waals surface area contributed by atoms with E-state index in [1.165, 1.54) is 6.20 Å². The highest BCUT2D eigenvalue weighted by Gasteiger charge is 2.11. The summed E-state index contributed by atoms with van der Waals surface area (Å²) < 4.78 is 5.74. The van der Waals surface area contributed by atoms with Crippen molar-refractivity contribution in [2.75, 3.05) is 10.6 Å². The van der Waals surface area contributed by atoms with Gasteiger partial charge in [-0.1, -0.05) is 35.9 Å². The number of para-hydroxylation sites is 1. The van der Waals surface area contributed by atoms with E-state index in [-0.39, 0.29) is 5.57 Å². The van der Waals surface area contributed by atoms with E-state index >= 15 is 0 Å². The van der Waals surface area contributed by atoms with Gasteiger partial charge in [-0.15, -0.1) is 0 Å². The lowest BCUT2D eigenvalue weighted by atomic mass is 10.2. The van der Waals surface area contributed by atoms with Crippen LogP contribution in [0, 0.1) is 18.3 Å². The second-order valence-corrected chi connectivity index (χ2v) is 6.60. The van der Waals surface area contributed by atoms with Gasteiger partial charge in [0.15, 0.2) is 0 Å². The van der Waals surface area contributed by atoms with Gasteiger partial charge in [0, 0.05) is 22.6 Å². The molecule has 0 radical (unpaired) electrons. The number of hydrogen-bond acceptors (Lipinski definition) is 4. The summed E-state index contributed by atoms with van der Waals surface area (Å²) in [4.78, 5) is 12.4. The molecule has 1 amide bonds. The number of rotatable bonds is 6. The number of aryl methyl sites for hydroxylation is 1. The lowest BCUT2D eigenvalue weighted by Gasteiger charge is -2.09.